The lowest BCUT2D eigenvalue weighted by atomic mass is 10.1. The van der Waals surface area contributed by atoms with E-state index in [4.69, 9.17) is 18.4 Å². The van der Waals surface area contributed by atoms with Gasteiger partial charge in [-0.3, -0.25) is 4.90 Å². The summed E-state index contributed by atoms with van der Waals surface area (Å²) in [5.41, 5.74) is 2.29. The molecular formula is C25H32FN3O5. The van der Waals surface area contributed by atoms with Gasteiger partial charge in [0.15, 0.2) is 0 Å². The number of ether oxygens (including phenoxy) is 2. The summed E-state index contributed by atoms with van der Waals surface area (Å²) in [7, 11) is 0. The Bertz CT molecular complexity index is 1000. The number of hydrogen-bond acceptors (Lipinski definition) is 8. The highest BCUT2D eigenvalue weighted by Crippen LogP contribution is 2.33. The topological polar surface area (TPSA) is 84.3 Å². The third-order valence-electron chi connectivity index (χ3n) is 5.62. The second kappa shape index (κ2) is 11.6. The van der Waals surface area contributed by atoms with Crippen LogP contribution in [0.5, 0.6) is 0 Å². The van der Waals surface area contributed by atoms with Crippen LogP contribution >= 0.6 is 0 Å². The van der Waals surface area contributed by atoms with Gasteiger partial charge in [-0.2, -0.15) is 0 Å². The molecule has 1 unspecified atom stereocenters. The van der Waals surface area contributed by atoms with Crippen LogP contribution in [0.4, 0.5) is 10.3 Å². The highest BCUT2D eigenvalue weighted by atomic mass is 19.1. The van der Waals surface area contributed by atoms with E-state index in [0.717, 1.165) is 16.9 Å². The smallest absolute Gasteiger partial charge is 0.232 e. The maximum Gasteiger partial charge on any atom is 0.232 e. The van der Waals surface area contributed by atoms with E-state index in [1.54, 1.807) is 18.4 Å². The fraction of sp³-hybridized carbons (Fsp3) is 0.480. The monoisotopic (exact) mass is 473 g/mol. The minimum atomic E-state index is -0.682. The van der Waals surface area contributed by atoms with Crippen LogP contribution in [0.15, 0.2) is 51.6 Å². The summed E-state index contributed by atoms with van der Waals surface area (Å²) in [4.78, 5) is 4.19. The Hall–Kier alpha value is -2.72. The van der Waals surface area contributed by atoms with Crippen LogP contribution in [0.1, 0.15) is 25.2 Å². The normalized spacial score (nSPS) is 15.4. The van der Waals surface area contributed by atoms with Crippen LogP contribution in [0.2, 0.25) is 0 Å². The fourth-order valence-corrected chi connectivity index (χ4v) is 3.98. The highest BCUT2D eigenvalue weighted by Gasteiger charge is 2.27. The molecule has 1 N–H and O–H groups in total. The van der Waals surface area contributed by atoms with Crippen molar-refractivity contribution in [3.63, 3.8) is 0 Å². The predicted molar refractivity (Wildman–Crippen MR) is 125 cm³/mol. The first-order chi connectivity index (χ1) is 16.5. The van der Waals surface area contributed by atoms with E-state index in [1.165, 1.54) is 12.1 Å². The number of furan rings is 1. The summed E-state index contributed by atoms with van der Waals surface area (Å²) in [6.45, 7) is 8.00. The second-order valence-corrected chi connectivity index (χ2v) is 8.71. The van der Waals surface area contributed by atoms with E-state index in [0.29, 0.717) is 57.5 Å². The van der Waals surface area contributed by atoms with Gasteiger partial charge in [0.1, 0.15) is 17.3 Å². The van der Waals surface area contributed by atoms with Crippen molar-refractivity contribution in [3.05, 3.63) is 59.8 Å². The number of halogens is 1. The van der Waals surface area contributed by atoms with Gasteiger partial charge in [-0.1, -0.05) is 5.16 Å². The molecule has 0 bridgehead atoms. The summed E-state index contributed by atoms with van der Waals surface area (Å²) in [5, 5.41) is 15.0. The van der Waals surface area contributed by atoms with Gasteiger partial charge < -0.3 is 28.4 Å². The molecule has 184 valence electrons. The summed E-state index contributed by atoms with van der Waals surface area (Å²) < 4.78 is 36.1. The number of aliphatic hydroxyl groups is 1. The molecule has 3 aromatic rings. The van der Waals surface area contributed by atoms with E-state index in [2.05, 4.69) is 15.0 Å². The lowest BCUT2D eigenvalue weighted by molar-refractivity contribution is -0.0113. The van der Waals surface area contributed by atoms with Crippen molar-refractivity contribution < 1.29 is 27.9 Å². The van der Waals surface area contributed by atoms with Crippen LogP contribution in [-0.2, 0) is 22.6 Å². The number of anilines is 1. The Kier molecular flexibility index (Phi) is 8.34. The number of rotatable bonds is 11. The Morgan fingerprint density at radius 2 is 1.91 bits per heavy atom. The lowest BCUT2D eigenvalue weighted by Crippen LogP contribution is -2.38. The number of nitrogens with zero attached hydrogens (tertiary/aromatic N) is 3. The number of morpholine rings is 1. The van der Waals surface area contributed by atoms with Crippen molar-refractivity contribution in [1.29, 1.82) is 0 Å². The van der Waals surface area contributed by atoms with Crippen molar-refractivity contribution in [2.45, 2.75) is 39.1 Å². The van der Waals surface area contributed by atoms with Gasteiger partial charge >= 0.3 is 0 Å². The molecule has 4 rings (SSSR count). The fourth-order valence-electron chi connectivity index (χ4n) is 3.98. The number of hydrogen-bond donors (Lipinski definition) is 1. The van der Waals surface area contributed by atoms with Crippen molar-refractivity contribution in [1.82, 2.24) is 10.1 Å². The molecule has 8 nitrogen and oxygen atoms in total. The largest absolute Gasteiger partial charge is 0.468 e. The quantitative estimate of drug-likeness (QED) is 0.451. The van der Waals surface area contributed by atoms with Crippen molar-refractivity contribution in [2.24, 2.45) is 0 Å². The van der Waals surface area contributed by atoms with Crippen molar-refractivity contribution in [3.8, 4) is 11.3 Å². The van der Waals surface area contributed by atoms with Gasteiger partial charge in [0.05, 0.1) is 50.4 Å². The van der Waals surface area contributed by atoms with E-state index >= 15 is 0 Å². The van der Waals surface area contributed by atoms with E-state index in [-0.39, 0.29) is 18.5 Å². The number of benzene rings is 1. The van der Waals surface area contributed by atoms with Crippen LogP contribution in [0, 0.1) is 5.82 Å². The maximum absolute atomic E-state index is 13.6. The molecular weight excluding hydrogens is 441 g/mol. The molecule has 0 amide bonds. The molecule has 0 saturated carbocycles. The minimum Gasteiger partial charge on any atom is -0.468 e. The number of aliphatic hydroxyl groups excluding tert-OH is 1. The molecule has 1 saturated heterocycles. The molecule has 1 aliphatic heterocycles. The molecule has 1 atom stereocenters. The average Bonchev–Trinajstić information content (AvgIpc) is 3.49. The lowest BCUT2D eigenvalue weighted by Gasteiger charge is -2.29. The SMILES string of the molecule is CC(C)OCC(O)CN(Cc1ccco1)Cc1c(-c2ccc(F)cc2)noc1N1CCOCC1. The molecule has 2 aromatic heterocycles. The Morgan fingerprint density at radius 1 is 1.15 bits per heavy atom. The van der Waals surface area contributed by atoms with Crippen LogP contribution in [-0.4, -0.2) is 66.8 Å². The third kappa shape index (κ3) is 6.44. The molecule has 1 aliphatic rings. The maximum atomic E-state index is 13.6. The van der Waals surface area contributed by atoms with E-state index in [1.807, 2.05) is 26.0 Å². The molecule has 0 radical (unpaired) electrons. The summed E-state index contributed by atoms with van der Waals surface area (Å²) in [6.07, 6.45) is 0.983. The predicted octanol–water partition coefficient (Wildman–Crippen LogP) is 3.70. The van der Waals surface area contributed by atoms with Crippen LogP contribution in [0.25, 0.3) is 11.3 Å². The molecule has 0 spiro atoms. The van der Waals surface area contributed by atoms with Gasteiger partial charge in [-0.05, 0) is 50.2 Å². The standard InChI is InChI=1S/C25H32FN3O5/c1-18(2)33-17-21(30)14-28(15-22-4-3-11-32-22)16-23-24(19-5-7-20(26)8-6-19)27-34-25(23)29-9-12-31-13-10-29/h3-8,11,18,21,30H,9-10,12-17H2,1-2H3. The van der Waals surface area contributed by atoms with Crippen molar-refractivity contribution in [2.75, 3.05) is 44.4 Å². The average molecular weight is 474 g/mol. The number of aromatic nitrogens is 1. The van der Waals surface area contributed by atoms with Gasteiger partial charge in [0, 0.05) is 31.7 Å². The van der Waals surface area contributed by atoms with Gasteiger partial charge in [0.2, 0.25) is 5.88 Å². The second-order valence-electron chi connectivity index (χ2n) is 8.71. The minimum absolute atomic E-state index is 0.0317. The zero-order valence-corrected chi connectivity index (χ0v) is 19.7. The van der Waals surface area contributed by atoms with Gasteiger partial charge in [0.25, 0.3) is 0 Å². The molecule has 9 heteroatoms. The Balaban J connectivity index is 1.63. The summed E-state index contributed by atoms with van der Waals surface area (Å²) in [6, 6.07) is 9.96. The first-order valence-electron chi connectivity index (χ1n) is 11.6. The van der Waals surface area contributed by atoms with E-state index in [9.17, 15) is 9.50 Å². The first kappa shape index (κ1) is 24.4. The zero-order valence-electron chi connectivity index (χ0n) is 19.7. The Morgan fingerprint density at radius 3 is 2.59 bits per heavy atom. The van der Waals surface area contributed by atoms with E-state index < -0.39 is 6.10 Å². The van der Waals surface area contributed by atoms with Crippen LogP contribution < -0.4 is 4.90 Å². The van der Waals surface area contributed by atoms with Gasteiger partial charge in [-0.15, -0.1) is 0 Å². The molecule has 1 aromatic carbocycles. The first-order valence-corrected chi connectivity index (χ1v) is 11.6. The zero-order chi connectivity index (χ0) is 23.9. The molecule has 3 heterocycles. The van der Waals surface area contributed by atoms with Gasteiger partial charge in [-0.25, -0.2) is 4.39 Å². The summed E-state index contributed by atoms with van der Waals surface area (Å²) in [5.74, 6) is 1.14. The third-order valence-corrected chi connectivity index (χ3v) is 5.62. The molecule has 34 heavy (non-hydrogen) atoms. The Labute approximate surface area is 198 Å². The highest BCUT2D eigenvalue weighted by molar-refractivity contribution is 5.68. The van der Waals surface area contributed by atoms with Crippen molar-refractivity contribution >= 4 is 5.88 Å². The van der Waals surface area contributed by atoms with Crippen LogP contribution in [0.3, 0.4) is 0 Å². The molecule has 1 fully saturated rings. The summed E-state index contributed by atoms with van der Waals surface area (Å²) >= 11 is 0. The molecule has 0 aliphatic carbocycles.